The molecule has 7 heteroatoms. The van der Waals surface area contributed by atoms with Gasteiger partial charge in [-0.25, -0.2) is 4.39 Å². The third kappa shape index (κ3) is 4.21. The van der Waals surface area contributed by atoms with E-state index in [2.05, 4.69) is 0 Å². The van der Waals surface area contributed by atoms with Gasteiger partial charge in [-0.3, -0.25) is 9.59 Å². The number of hydrogen-bond donors (Lipinski definition) is 1. The Hall–Kier alpha value is -3.19. The summed E-state index contributed by atoms with van der Waals surface area (Å²) in [6, 6.07) is 11.4. The van der Waals surface area contributed by atoms with Crippen molar-refractivity contribution in [2.24, 2.45) is 0 Å². The summed E-state index contributed by atoms with van der Waals surface area (Å²) in [4.78, 5) is 26.9. The quantitative estimate of drug-likeness (QED) is 0.309. The van der Waals surface area contributed by atoms with Gasteiger partial charge in [-0.15, -0.1) is 0 Å². The first-order valence-corrected chi connectivity index (χ1v) is 9.74. The van der Waals surface area contributed by atoms with Gasteiger partial charge in [0.15, 0.2) is 0 Å². The number of halogens is 1. The largest absolute Gasteiger partial charge is 0.507 e. The van der Waals surface area contributed by atoms with Gasteiger partial charge in [0.2, 0.25) is 0 Å². The first-order valence-electron chi connectivity index (χ1n) is 9.74. The van der Waals surface area contributed by atoms with Crippen LogP contribution in [0.4, 0.5) is 4.39 Å². The van der Waals surface area contributed by atoms with Gasteiger partial charge >= 0.3 is 0 Å². The Morgan fingerprint density at radius 3 is 2.47 bits per heavy atom. The van der Waals surface area contributed by atoms with E-state index in [1.54, 1.807) is 30.3 Å². The zero-order chi connectivity index (χ0) is 21.7. The number of ketones is 1. The van der Waals surface area contributed by atoms with E-state index in [1.807, 2.05) is 6.92 Å². The number of amides is 1. The average molecular weight is 413 g/mol. The number of benzene rings is 2. The highest BCUT2D eigenvalue weighted by molar-refractivity contribution is 6.46. The molecule has 0 aliphatic carbocycles. The monoisotopic (exact) mass is 413 g/mol. The fourth-order valence-electron chi connectivity index (χ4n) is 3.54. The van der Waals surface area contributed by atoms with Crippen molar-refractivity contribution in [2.75, 3.05) is 26.9 Å². The number of likely N-dealkylation sites (tertiary alicyclic amines) is 1. The summed E-state index contributed by atoms with van der Waals surface area (Å²) < 4.78 is 25.1. The number of aliphatic hydroxyl groups excluding tert-OH is 1. The molecule has 0 radical (unpaired) electrons. The van der Waals surface area contributed by atoms with E-state index in [9.17, 15) is 19.1 Å². The second kappa shape index (κ2) is 9.54. The van der Waals surface area contributed by atoms with Crippen molar-refractivity contribution in [1.29, 1.82) is 0 Å². The van der Waals surface area contributed by atoms with Crippen molar-refractivity contribution in [3.63, 3.8) is 0 Å². The number of hydrogen-bond acceptors (Lipinski definition) is 5. The van der Waals surface area contributed by atoms with Crippen LogP contribution in [0.1, 0.15) is 30.5 Å². The maximum absolute atomic E-state index is 14.6. The van der Waals surface area contributed by atoms with Gasteiger partial charge in [0.1, 0.15) is 17.3 Å². The fraction of sp³-hybridized carbons (Fsp3) is 0.304. The van der Waals surface area contributed by atoms with Crippen LogP contribution >= 0.6 is 0 Å². The number of ether oxygens (including phenoxy) is 2. The topological polar surface area (TPSA) is 76.1 Å². The van der Waals surface area contributed by atoms with E-state index < -0.39 is 23.5 Å². The Kier molecular flexibility index (Phi) is 6.84. The molecule has 1 unspecified atom stereocenters. The van der Waals surface area contributed by atoms with Gasteiger partial charge < -0.3 is 19.5 Å². The first-order chi connectivity index (χ1) is 14.5. The molecule has 1 saturated heterocycles. The molecule has 1 heterocycles. The normalized spacial score (nSPS) is 18.1. The Labute approximate surface area is 174 Å². The Bertz CT molecular complexity index is 954. The van der Waals surface area contributed by atoms with Crippen LogP contribution in [0.3, 0.4) is 0 Å². The van der Waals surface area contributed by atoms with Crippen LogP contribution in [-0.2, 0) is 14.3 Å². The molecule has 0 aromatic heterocycles. The van der Waals surface area contributed by atoms with Crippen LogP contribution in [0, 0.1) is 5.82 Å². The van der Waals surface area contributed by atoms with Crippen LogP contribution in [0.25, 0.3) is 5.76 Å². The van der Waals surface area contributed by atoms with Crippen LogP contribution in [0.15, 0.2) is 54.1 Å². The lowest BCUT2D eigenvalue weighted by molar-refractivity contribution is -0.140. The predicted octanol–water partition coefficient (Wildman–Crippen LogP) is 3.68. The lowest BCUT2D eigenvalue weighted by Crippen LogP contribution is -2.31. The highest BCUT2D eigenvalue weighted by atomic mass is 19.1. The Balaban J connectivity index is 2.09. The van der Waals surface area contributed by atoms with E-state index in [0.29, 0.717) is 30.9 Å². The van der Waals surface area contributed by atoms with Crippen LogP contribution in [0.5, 0.6) is 5.75 Å². The second-order valence-electron chi connectivity index (χ2n) is 6.82. The average Bonchev–Trinajstić information content (AvgIpc) is 2.99. The third-order valence-electron chi connectivity index (χ3n) is 4.93. The molecular weight excluding hydrogens is 389 g/mol. The fourth-order valence-corrected chi connectivity index (χ4v) is 3.54. The zero-order valence-electron chi connectivity index (χ0n) is 16.9. The summed E-state index contributed by atoms with van der Waals surface area (Å²) >= 11 is 0. The molecule has 2 aromatic rings. The molecule has 30 heavy (non-hydrogen) atoms. The number of rotatable bonds is 8. The zero-order valence-corrected chi connectivity index (χ0v) is 16.9. The molecule has 0 bridgehead atoms. The number of methoxy groups -OCH3 is 1. The summed E-state index contributed by atoms with van der Waals surface area (Å²) in [5, 5.41) is 10.9. The molecule has 3 rings (SSSR count). The standard InChI is InChI=1S/C23H24FNO5/c1-3-30-16-11-9-15(10-12-16)21(26)19-20(17-7-4-5-8-18(17)24)25(13-6-14-29-2)23(28)22(19)27/h4-5,7-12,20,26H,3,6,13-14H2,1-2H3. The van der Waals surface area contributed by atoms with Crippen molar-refractivity contribution in [3.05, 3.63) is 71.0 Å². The summed E-state index contributed by atoms with van der Waals surface area (Å²) in [6.45, 7) is 2.92. The van der Waals surface area contributed by atoms with Gasteiger partial charge in [-0.05, 0) is 43.7 Å². The van der Waals surface area contributed by atoms with Gasteiger partial charge in [0, 0.05) is 31.4 Å². The lowest BCUT2D eigenvalue weighted by atomic mass is 9.95. The Morgan fingerprint density at radius 2 is 1.83 bits per heavy atom. The predicted molar refractivity (Wildman–Crippen MR) is 110 cm³/mol. The van der Waals surface area contributed by atoms with Crippen molar-refractivity contribution in [3.8, 4) is 5.75 Å². The molecule has 1 aliphatic heterocycles. The van der Waals surface area contributed by atoms with Crippen molar-refractivity contribution in [2.45, 2.75) is 19.4 Å². The van der Waals surface area contributed by atoms with Gasteiger partial charge in [-0.2, -0.15) is 0 Å². The second-order valence-corrected chi connectivity index (χ2v) is 6.82. The third-order valence-corrected chi connectivity index (χ3v) is 4.93. The van der Waals surface area contributed by atoms with Crippen LogP contribution < -0.4 is 4.74 Å². The number of aliphatic hydroxyl groups is 1. The number of carbonyl (C=O) groups excluding carboxylic acids is 2. The van der Waals surface area contributed by atoms with E-state index >= 15 is 0 Å². The first kappa shape index (κ1) is 21.5. The summed E-state index contributed by atoms with van der Waals surface area (Å²) in [5.74, 6) is -1.91. The summed E-state index contributed by atoms with van der Waals surface area (Å²) in [6.07, 6.45) is 0.470. The van der Waals surface area contributed by atoms with Crippen LogP contribution in [-0.4, -0.2) is 48.6 Å². The van der Waals surface area contributed by atoms with Gasteiger partial charge in [-0.1, -0.05) is 18.2 Å². The molecule has 158 valence electrons. The molecule has 0 saturated carbocycles. The smallest absolute Gasteiger partial charge is 0.295 e. The highest BCUT2D eigenvalue weighted by Crippen LogP contribution is 2.40. The number of nitrogens with zero attached hydrogens (tertiary/aromatic N) is 1. The Morgan fingerprint density at radius 1 is 1.13 bits per heavy atom. The van der Waals surface area contributed by atoms with E-state index in [1.165, 1.54) is 30.2 Å². The molecule has 6 nitrogen and oxygen atoms in total. The van der Waals surface area contributed by atoms with E-state index in [0.717, 1.165) is 0 Å². The van der Waals surface area contributed by atoms with Crippen molar-refractivity contribution >= 4 is 17.4 Å². The molecule has 1 amide bonds. The molecule has 1 N–H and O–H groups in total. The van der Waals surface area contributed by atoms with E-state index in [-0.39, 0.29) is 23.4 Å². The SMILES string of the molecule is CCOc1ccc(C(O)=C2C(=O)C(=O)N(CCCOC)C2c2ccccc2F)cc1. The number of Topliss-reactive ketones (excluding diaryl/α,β-unsaturated/α-hetero) is 1. The molecule has 2 aromatic carbocycles. The minimum absolute atomic E-state index is 0.133. The van der Waals surface area contributed by atoms with Crippen LogP contribution in [0.2, 0.25) is 0 Å². The summed E-state index contributed by atoms with van der Waals surface area (Å²) in [5.41, 5.74) is 0.364. The lowest BCUT2D eigenvalue weighted by Gasteiger charge is -2.25. The maximum atomic E-state index is 14.6. The van der Waals surface area contributed by atoms with Crippen molar-refractivity contribution in [1.82, 2.24) is 4.90 Å². The molecule has 0 spiro atoms. The minimum Gasteiger partial charge on any atom is -0.507 e. The highest BCUT2D eigenvalue weighted by Gasteiger charge is 2.46. The molecular formula is C23H24FNO5. The van der Waals surface area contributed by atoms with Gasteiger partial charge in [0.25, 0.3) is 11.7 Å². The summed E-state index contributed by atoms with van der Waals surface area (Å²) in [7, 11) is 1.54. The number of carbonyl (C=O) groups is 2. The molecule has 1 fully saturated rings. The van der Waals surface area contributed by atoms with Crippen molar-refractivity contribution < 1.29 is 28.6 Å². The maximum Gasteiger partial charge on any atom is 0.295 e. The van der Waals surface area contributed by atoms with E-state index in [4.69, 9.17) is 9.47 Å². The minimum atomic E-state index is -1.02. The molecule has 1 atom stereocenters. The molecule has 1 aliphatic rings. The van der Waals surface area contributed by atoms with Gasteiger partial charge in [0.05, 0.1) is 18.2 Å².